The van der Waals surface area contributed by atoms with E-state index in [9.17, 15) is 0 Å². The van der Waals surface area contributed by atoms with E-state index in [0.29, 0.717) is 0 Å². The van der Waals surface area contributed by atoms with Gasteiger partial charge in [-0.2, -0.15) is 4.79 Å². The van der Waals surface area contributed by atoms with Crippen LogP contribution >= 0.6 is 0 Å². The van der Waals surface area contributed by atoms with Crippen molar-refractivity contribution in [2.24, 2.45) is 0 Å². The number of hydrogen-bond acceptors (Lipinski definition) is 0. The first-order valence-corrected chi connectivity index (χ1v) is 3.07. The first-order chi connectivity index (χ1) is 4.83. The zero-order chi connectivity index (χ0) is 7.40. The molecule has 0 saturated heterocycles. The van der Waals surface area contributed by atoms with Crippen LogP contribution in [0.1, 0.15) is 11.1 Å². The molecule has 1 aromatic rings. The van der Waals surface area contributed by atoms with Crippen LogP contribution in [0, 0.1) is 6.92 Å². The van der Waals surface area contributed by atoms with Crippen LogP contribution in [0.4, 0.5) is 0 Å². The largest absolute Gasteiger partial charge is 0.361 e. The van der Waals surface area contributed by atoms with Gasteiger partial charge in [0.05, 0.1) is 5.56 Å². The molecule has 2 heteroatoms. The van der Waals surface area contributed by atoms with Crippen molar-refractivity contribution in [3.8, 4) is 0 Å². The van der Waals surface area contributed by atoms with Gasteiger partial charge in [0.1, 0.15) is 0 Å². The first-order valence-electron chi connectivity index (χ1n) is 3.07. The Morgan fingerprint density at radius 3 is 2.90 bits per heavy atom. The molecule has 50 valence electrons. The number of rotatable bonds is 1. The van der Waals surface area contributed by atoms with Crippen molar-refractivity contribution in [2.75, 3.05) is 0 Å². The lowest BCUT2D eigenvalue weighted by Crippen LogP contribution is -1.81. The number of hydrogen-bond donors (Lipinski definition) is 0. The van der Waals surface area contributed by atoms with E-state index in [1.807, 2.05) is 31.2 Å². The molecule has 0 aliphatic rings. The average molecular weight is 132 g/mol. The molecule has 0 atom stereocenters. The fourth-order valence-corrected chi connectivity index (χ4v) is 0.817. The monoisotopic (exact) mass is 132 g/mol. The van der Waals surface area contributed by atoms with Gasteiger partial charge in [0.2, 0.25) is 0 Å². The Morgan fingerprint density at radius 1 is 1.50 bits per heavy atom. The molecule has 0 fully saturated rings. The van der Waals surface area contributed by atoms with Gasteiger partial charge in [0, 0.05) is 0 Å². The van der Waals surface area contributed by atoms with Crippen molar-refractivity contribution in [2.45, 2.75) is 6.92 Å². The Hall–Kier alpha value is -1.40. The molecule has 2 nitrogen and oxygen atoms in total. The topological polar surface area (TPSA) is 36.4 Å². The van der Waals surface area contributed by atoms with E-state index in [1.54, 1.807) is 0 Å². The lowest BCUT2D eigenvalue weighted by atomic mass is 10.2. The van der Waals surface area contributed by atoms with Crippen molar-refractivity contribution in [1.29, 1.82) is 0 Å². The molecule has 0 aliphatic carbocycles. The second-order valence-corrected chi connectivity index (χ2v) is 2.16. The van der Waals surface area contributed by atoms with Gasteiger partial charge in [0.15, 0.2) is 0 Å². The molecular weight excluding hydrogens is 124 g/mol. The summed E-state index contributed by atoms with van der Waals surface area (Å²) < 4.78 is 0. The highest BCUT2D eigenvalue weighted by Gasteiger charge is 1.89. The molecule has 0 saturated carbocycles. The standard InChI is InChI=1S/C8H8N2/c1-7-3-2-4-8(5-7)6-10-9/h2-6H,1H3. The molecule has 1 aromatic carbocycles. The van der Waals surface area contributed by atoms with Gasteiger partial charge >= 0.3 is 0 Å². The average Bonchev–Trinajstić information content (AvgIpc) is 1.88. The lowest BCUT2D eigenvalue weighted by molar-refractivity contribution is 0.00456. The summed E-state index contributed by atoms with van der Waals surface area (Å²) in [5, 5.41) is 0. The molecule has 0 aliphatic heterocycles. The number of aryl methyl sites for hydroxylation is 1. The molecule has 10 heavy (non-hydrogen) atoms. The molecule has 0 amide bonds. The van der Waals surface area contributed by atoms with Crippen molar-refractivity contribution in [1.82, 2.24) is 0 Å². The highest BCUT2D eigenvalue weighted by molar-refractivity contribution is 5.75. The minimum atomic E-state index is 0.919. The molecule has 0 N–H and O–H groups in total. The Bertz CT molecular complexity index is 272. The van der Waals surface area contributed by atoms with Gasteiger partial charge in [-0.05, 0) is 19.1 Å². The number of nitrogens with zero attached hydrogens (tertiary/aromatic N) is 2. The summed E-state index contributed by atoms with van der Waals surface area (Å²) in [7, 11) is 0. The van der Waals surface area contributed by atoms with Gasteiger partial charge in [0.25, 0.3) is 6.21 Å². The second kappa shape index (κ2) is 2.95. The van der Waals surface area contributed by atoms with E-state index in [2.05, 4.69) is 4.79 Å². The van der Waals surface area contributed by atoms with E-state index >= 15 is 0 Å². The highest BCUT2D eigenvalue weighted by atomic mass is 14.8. The van der Waals surface area contributed by atoms with E-state index in [4.69, 9.17) is 5.53 Å². The molecular formula is C8H8N2. The van der Waals surface area contributed by atoms with Crippen molar-refractivity contribution >= 4 is 6.21 Å². The van der Waals surface area contributed by atoms with Crippen molar-refractivity contribution in [3.05, 3.63) is 40.9 Å². The first kappa shape index (κ1) is 6.72. The highest BCUT2D eigenvalue weighted by Crippen LogP contribution is 1.99. The third-order valence-corrected chi connectivity index (χ3v) is 1.25. The maximum Gasteiger partial charge on any atom is 0.287 e. The fraction of sp³-hybridized carbons (Fsp3) is 0.125. The van der Waals surface area contributed by atoms with Crippen LogP contribution in [0.5, 0.6) is 0 Å². The van der Waals surface area contributed by atoms with Gasteiger partial charge in [-0.25, -0.2) is 0 Å². The molecule has 1 rings (SSSR count). The molecule has 0 heterocycles. The summed E-state index contributed by atoms with van der Waals surface area (Å²) in [5.41, 5.74) is 10.3. The van der Waals surface area contributed by atoms with Gasteiger partial charge in [-0.15, -0.1) is 0 Å². The van der Waals surface area contributed by atoms with Gasteiger partial charge in [-0.1, -0.05) is 17.7 Å². The molecule has 0 aromatic heterocycles. The van der Waals surface area contributed by atoms with E-state index < -0.39 is 0 Å². The summed E-state index contributed by atoms with van der Waals surface area (Å²) >= 11 is 0. The normalized spacial score (nSPS) is 8.50. The van der Waals surface area contributed by atoms with E-state index in [0.717, 1.165) is 11.1 Å². The third-order valence-electron chi connectivity index (χ3n) is 1.25. The minimum Gasteiger partial charge on any atom is -0.361 e. The van der Waals surface area contributed by atoms with E-state index in [1.165, 1.54) is 6.21 Å². The van der Waals surface area contributed by atoms with Crippen LogP contribution in [0.15, 0.2) is 24.3 Å². The van der Waals surface area contributed by atoms with Crippen LogP contribution in [0.3, 0.4) is 0 Å². The molecule has 0 unspecified atom stereocenters. The van der Waals surface area contributed by atoms with Crippen molar-refractivity contribution < 1.29 is 4.79 Å². The Morgan fingerprint density at radius 2 is 2.30 bits per heavy atom. The van der Waals surface area contributed by atoms with Crippen LogP contribution in [0.2, 0.25) is 0 Å². The van der Waals surface area contributed by atoms with Crippen LogP contribution < -0.4 is 0 Å². The second-order valence-electron chi connectivity index (χ2n) is 2.16. The summed E-state index contributed by atoms with van der Waals surface area (Å²) in [6.45, 7) is 1.99. The maximum absolute atomic E-state index is 8.18. The SMILES string of the molecule is Cc1cccc(C=[N+]=[N-])c1. The zero-order valence-electron chi connectivity index (χ0n) is 5.78. The summed E-state index contributed by atoms with van der Waals surface area (Å²) in [6.07, 6.45) is 1.41. The fourth-order valence-electron chi connectivity index (χ4n) is 0.817. The van der Waals surface area contributed by atoms with Crippen molar-refractivity contribution in [3.63, 3.8) is 0 Å². The summed E-state index contributed by atoms with van der Waals surface area (Å²) in [6, 6.07) is 7.74. The molecule has 0 radical (unpaired) electrons. The predicted octanol–water partition coefficient (Wildman–Crippen LogP) is 1.64. The Kier molecular flexibility index (Phi) is 1.98. The number of benzene rings is 1. The third kappa shape index (κ3) is 1.54. The minimum absolute atomic E-state index is 0.919. The van der Waals surface area contributed by atoms with Gasteiger partial charge < -0.3 is 5.53 Å². The smallest absolute Gasteiger partial charge is 0.287 e. The van der Waals surface area contributed by atoms with Gasteiger partial charge in [-0.3, -0.25) is 0 Å². The van der Waals surface area contributed by atoms with Crippen LogP contribution in [-0.4, -0.2) is 11.0 Å². The zero-order valence-corrected chi connectivity index (χ0v) is 5.78. The summed E-state index contributed by atoms with van der Waals surface area (Å²) in [4.78, 5) is 2.92. The Balaban J connectivity index is 3.06. The summed E-state index contributed by atoms with van der Waals surface area (Å²) in [5.74, 6) is 0. The quantitative estimate of drug-likeness (QED) is 0.316. The van der Waals surface area contributed by atoms with Crippen LogP contribution in [0.25, 0.3) is 5.53 Å². The maximum atomic E-state index is 8.18. The Labute approximate surface area is 59.7 Å². The lowest BCUT2D eigenvalue weighted by Gasteiger charge is -1.88. The molecule has 0 bridgehead atoms. The molecule has 0 spiro atoms. The van der Waals surface area contributed by atoms with Crippen LogP contribution in [-0.2, 0) is 0 Å². The predicted molar refractivity (Wildman–Crippen MR) is 40.0 cm³/mol. The van der Waals surface area contributed by atoms with E-state index in [-0.39, 0.29) is 0 Å².